The third kappa shape index (κ3) is 2.22. The maximum absolute atomic E-state index is 11.5. The number of carbonyl (C=O) groups is 1. The van der Waals surface area contributed by atoms with E-state index in [1.54, 1.807) is 29.5 Å². The minimum absolute atomic E-state index is 0.202. The molecule has 0 saturated carbocycles. The van der Waals surface area contributed by atoms with Crippen LogP contribution in [0.5, 0.6) is 0 Å². The average molecular weight is 205 g/mol. The topological polar surface area (TPSA) is 75.6 Å². The maximum Gasteiger partial charge on any atom is 0.271 e. The number of H-pyrrole nitrogens is 1. The van der Waals surface area contributed by atoms with Crippen LogP contribution in [0.3, 0.4) is 0 Å². The van der Waals surface area contributed by atoms with E-state index in [1.165, 1.54) is 0 Å². The van der Waals surface area contributed by atoms with Crippen molar-refractivity contribution in [2.45, 2.75) is 6.54 Å². The molecule has 0 aromatic carbocycles. The minimum Gasteiger partial charge on any atom is -0.347 e. The van der Waals surface area contributed by atoms with Gasteiger partial charge in [0.2, 0.25) is 0 Å². The summed E-state index contributed by atoms with van der Waals surface area (Å²) in [4.78, 5) is 22.3. The number of hydrogen-bond acceptors (Lipinski definition) is 3. The molecule has 0 fully saturated rings. The van der Waals surface area contributed by atoms with Gasteiger partial charge in [-0.25, -0.2) is 9.97 Å². The molecule has 0 bridgehead atoms. The summed E-state index contributed by atoms with van der Waals surface area (Å²) in [6.45, 7) is 0.377. The highest BCUT2D eigenvalue weighted by Crippen LogP contribution is 1.94. The van der Waals surface area contributed by atoms with Gasteiger partial charge >= 0.3 is 0 Å². The zero-order valence-corrected chi connectivity index (χ0v) is 8.27. The number of nitrogens with zero attached hydrogens (tertiary/aromatic N) is 3. The fourth-order valence-electron chi connectivity index (χ4n) is 1.18. The third-order valence-electron chi connectivity index (χ3n) is 1.91. The molecule has 0 aliphatic rings. The number of aromatic nitrogens is 4. The summed E-state index contributed by atoms with van der Waals surface area (Å²) in [6.07, 6.45) is 6.60. The van der Waals surface area contributed by atoms with Crippen LogP contribution in [0.15, 0.2) is 24.9 Å². The fraction of sp³-hybridized carbons (Fsp3) is 0.222. The Kier molecular flexibility index (Phi) is 2.49. The molecule has 6 nitrogen and oxygen atoms in total. The molecule has 15 heavy (non-hydrogen) atoms. The summed E-state index contributed by atoms with van der Waals surface area (Å²) in [5.74, 6) is 0.520. The van der Waals surface area contributed by atoms with Crippen LogP contribution in [-0.4, -0.2) is 25.4 Å². The quantitative estimate of drug-likeness (QED) is 0.744. The van der Waals surface area contributed by atoms with Crippen molar-refractivity contribution in [3.8, 4) is 0 Å². The Balaban J connectivity index is 1.93. The van der Waals surface area contributed by atoms with Crippen molar-refractivity contribution >= 4 is 5.91 Å². The van der Waals surface area contributed by atoms with E-state index in [2.05, 4.69) is 20.3 Å². The largest absolute Gasteiger partial charge is 0.347 e. The van der Waals surface area contributed by atoms with Gasteiger partial charge in [0, 0.05) is 25.6 Å². The molecule has 0 saturated heterocycles. The van der Waals surface area contributed by atoms with Gasteiger partial charge in [-0.15, -0.1) is 0 Å². The Hall–Kier alpha value is -2.11. The van der Waals surface area contributed by atoms with Gasteiger partial charge in [0.15, 0.2) is 0 Å². The number of rotatable bonds is 3. The van der Waals surface area contributed by atoms with E-state index in [0.717, 1.165) is 5.82 Å². The first-order valence-electron chi connectivity index (χ1n) is 4.50. The van der Waals surface area contributed by atoms with E-state index in [1.807, 2.05) is 7.05 Å². The lowest BCUT2D eigenvalue weighted by Crippen LogP contribution is -2.23. The van der Waals surface area contributed by atoms with Crippen molar-refractivity contribution in [2.24, 2.45) is 7.05 Å². The average Bonchev–Trinajstić information content (AvgIpc) is 2.84. The number of imidazole rings is 2. The van der Waals surface area contributed by atoms with Crippen LogP contribution in [0.4, 0.5) is 0 Å². The van der Waals surface area contributed by atoms with Crippen LogP contribution in [0.25, 0.3) is 0 Å². The molecule has 2 N–H and O–H groups in total. The highest BCUT2D eigenvalue weighted by atomic mass is 16.1. The summed E-state index contributed by atoms with van der Waals surface area (Å²) < 4.78 is 1.72. The van der Waals surface area contributed by atoms with E-state index in [0.29, 0.717) is 12.2 Å². The van der Waals surface area contributed by atoms with E-state index in [-0.39, 0.29) is 5.91 Å². The number of nitrogens with one attached hydrogen (secondary N) is 2. The molecule has 2 aromatic heterocycles. The second-order valence-corrected chi connectivity index (χ2v) is 3.14. The first-order valence-corrected chi connectivity index (χ1v) is 4.50. The molecular formula is C9H11N5O. The second kappa shape index (κ2) is 3.95. The van der Waals surface area contributed by atoms with Crippen molar-refractivity contribution in [3.05, 3.63) is 36.4 Å². The van der Waals surface area contributed by atoms with Gasteiger partial charge in [0.05, 0.1) is 12.9 Å². The lowest BCUT2D eigenvalue weighted by molar-refractivity contribution is 0.0945. The SMILES string of the molecule is Cn1cnc(C(=O)NCc2ncc[nH]2)c1. The Labute approximate surface area is 86.4 Å². The molecule has 78 valence electrons. The zero-order chi connectivity index (χ0) is 10.7. The standard InChI is InChI=1S/C9H11N5O/c1-14-5-7(13-6-14)9(15)12-4-8-10-2-3-11-8/h2-3,5-6H,4H2,1H3,(H,10,11)(H,12,15). The summed E-state index contributed by atoms with van der Waals surface area (Å²) in [6, 6.07) is 0. The summed E-state index contributed by atoms with van der Waals surface area (Å²) in [5, 5.41) is 2.71. The van der Waals surface area contributed by atoms with Gasteiger partial charge in [-0.1, -0.05) is 0 Å². The number of hydrogen-bond donors (Lipinski definition) is 2. The Morgan fingerprint density at radius 1 is 1.60 bits per heavy atom. The van der Waals surface area contributed by atoms with Gasteiger partial charge in [-0.05, 0) is 0 Å². The fourth-order valence-corrected chi connectivity index (χ4v) is 1.18. The molecule has 0 spiro atoms. The van der Waals surface area contributed by atoms with Crippen molar-refractivity contribution in [2.75, 3.05) is 0 Å². The summed E-state index contributed by atoms with van der Waals surface area (Å²) in [7, 11) is 1.82. The molecule has 2 rings (SSSR count). The van der Waals surface area contributed by atoms with Crippen molar-refractivity contribution in [3.63, 3.8) is 0 Å². The monoisotopic (exact) mass is 205 g/mol. The maximum atomic E-state index is 11.5. The van der Waals surface area contributed by atoms with Crippen LogP contribution in [0, 0.1) is 0 Å². The van der Waals surface area contributed by atoms with Crippen LogP contribution >= 0.6 is 0 Å². The van der Waals surface area contributed by atoms with Crippen molar-refractivity contribution in [1.29, 1.82) is 0 Å². The molecule has 1 amide bonds. The van der Waals surface area contributed by atoms with E-state index in [4.69, 9.17) is 0 Å². The van der Waals surface area contributed by atoms with E-state index in [9.17, 15) is 4.79 Å². The highest BCUT2D eigenvalue weighted by molar-refractivity contribution is 5.91. The van der Waals surface area contributed by atoms with Gasteiger partial charge < -0.3 is 14.9 Å². The number of amides is 1. The lowest BCUT2D eigenvalue weighted by atomic mass is 10.4. The number of aromatic amines is 1. The normalized spacial score (nSPS) is 10.2. The third-order valence-corrected chi connectivity index (χ3v) is 1.91. The van der Waals surface area contributed by atoms with Crippen LogP contribution < -0.4 is 5.32 Å². The lowest BCUT2D eigenvalue weighted by Gasteiger charge is -1.99. The predicted molar refractivity (Wildman–Crippen MR) is 53.0 cm³/mol. The summed E-state index contributed by atoms with van der Waals surface area (Å²) in [5.41, 5.74) is 0.407. The van der Waals surface area contributed by atoms with E-state index < -0.39 is 0 Å². The molecule has 2 heterocycles. The van der Waals surface area contributed by atoms with Gasteiger partial charge in [-0.2, -0.15) is 0 Å². The predicted octanol–water partition coefficient (Wildman–Crippen LogP) is 0.0732. The van der Waals surface area contributed by atoms with Crippen molar-refractivity contribution < 1.29 is 4.79 Å². The van der Waals surface area contributed by atoms with Gasteiger partial charge in [0.25, 0.3) is 5.91 Å². The van der Waals surface area contributed by atoms with Crippen LogP contribution in [0.2, 0.25) is 0 Å². The molecule has 0 atom stereocenters. The molecule has 0 aliphatic heterocycles. The smallest absolute Gasteiger partial charge is 0.271 e. The Bertz CT molecular complexity index is 445. The molecular weight excluding hydrogens is 194 g/mol. The van der Waals surface area contributed by atoms with Gasteiger partial charge in [0.1, 0.15) is 11.5 Å². The molecule has 0 unspecified atom stereocenters. The Morgan fingerprint density at radius 3 is 3.07 bits per heavy atom. The van der Waals surface area contributed by atoms with E-state index >= 15 is 0 Å². The number of aryl methyl sites for hydroxylation is 1. The Morgan fingerprint density at radius 2 is 2.47 bits per heavy atom. The van der Waals surface area contributed by atoms with Crippen molar-refractivity contribution in [1.82, 2.24) is 24.8 Å². The molecule has 0 radical (unpaired) electrons. The first-order chi connectivity index (χ1) is 7.25. The molecule has 2 aromatic rings. The zero-order valence-electron chi connectivity index (χ0n) is 8.27. The van der Waals surface area contributed by atoms with Crippen LogP contribution in [-0.2, 0) is 13.6 Å². The number of carbonyl (C=O) groups excluding carboxylic acids is 1. The minimum atomic E-state index is -0.202. The van der Waals surface area contributed by atoms with Gasteiger partial charge in [-0.3, -0.25) is 4.79 Å². The second-order valence-electron chi connectivity index (χ2n) is 3.14. The molecule has 6 heteroatoms. The first kappa shape index (κ1) is 9.45. The van der Waals surface area contributed by atoms with Crippen LogP contribution in [0.1, 0.15) is 16.3 Å². The molecule has 0 aliphatic carbocycles. The highest BCUT2D eigenvalue weighted by Gasteiger charge is 2.07. The summed E-state index contributed by atoms with van der Waals surface area (Å²) >= 11 is 0.